The maximum Gasteiger partial charge on any atom is 0.125 e. The minimum absolute atomic E-state index is 0.00936. The van der Waals surface area contributed by atoms with Crippen molar-refractivity contribution in [1.82, 2.24) is 0 Å². The van der Waals surface area contributed by atoms with Crippen molar-refractivity contribution in [1.29, 1.82) is 0 Å². The van der Waals surface area contributed by atoms with Crippen LogP contribution in [0.4, 0.5) is 0 Å². The summed E-state index contributed by atoms with van der Waals surface area (Å²) in [5.41, 5.74) is 2.29. The average molecular weight is 284 g/mol. The molecule has 0 aliphatic carbocycles. The van der Waals surface area contributed by atoms with Gasteiger partial charge in [-0.2, -0.15) is 0 Å². The minimum atomic E-state index is 0.00936. The summed E-state index contributed by atoms with van der Waals surface area (Å²) >= 11 is 0. The third-order valence-corrected chi connectivity index (χ3v) is 3.76. The van der Waals surface area contributed by atoms with E-state index in [4.69, 9.17) is 14.2 Å². The fraction of sp³-hybridized carbons (Fsp3) is 0.333. The first-order valence-electron chi connectivity index (χ1n) is 7.24. The van der Waals surface area contributed by atoms with Gasteiger partial charge in [0.2, 0.25) is 0 Å². The Morgan fingerprint density at radius 2 is 1.81 bits per heavy atom. The molecule has 0 N–H and O–H groups in total. The van der Waals surface area contributed by atoms with Crippen LogP contribution < -0.4 is 4.74 Å². The van der Waals surface area contributed by atoms with E-state index in [1.54, 1.807) is 7.11 Å². The molecule has 1 aliphatic heterocycles. The molecule has 110 valence electrons. The Kier molecular flexibility index (Phi) is 4.53. The van der Waals surface area contributed by atoms with Gasteiger partial charge in [-0.1, -0.05) is 48.5 Å². The highest BCUT2D eigenvalue weighted by molar-refractivity contribution is 5.37. The Bertz CT molecular complexity index is 568. The van der Waals surface area contributed by atoms with Crippen molar-refractivity contribution in [3.8, 4) is 5.75 Å². The number of rotatable bonds is 5. The molecule has 3 rings (SSSR count). The van der Waals surface area contributed by atoms with E-state index < -0.39 is 0 Å². The molecule has 0 fully saturated rings. The maximum atomic E-state index is 6.20. The normalized spacial score (nSPS) is 20.6. The van der Waals surface area contributed by atoms with Gasteiger partial charge in [0, 0.05) is 18.6 Å². The standard InChI is InChI=1S/C18H20O3/c1-19-12-15-13-20-17-10-6-5-9-16(17)18(15)21-11-14-7-3-2-4-8-14/h2-10,15,18H,11-13H2,1H3. The zero-order valence-corrected chi connectivity index (χ0v) is 12.2. The smallest absolute Gasteiger partial charge is 0.125 e. The highest BCUT2D eigenvalue weighted by atomic mass is 16.5. The Balaban J connectivity index is 1.78. The second-order valence-electron chi connectivity index (χ2n) is 5.28. The number of para-hydroxylation sites is 1. The number of hydrogen-bond donors (Lipinski definition) is 0. The summed E-state index contributed by atoms with van der Waals surface area (Å²) < 4.78 is 17.3. The lowest BCUT2D eigenvalue weighted by molar-refractivity contribution is -0.0525. The van der Waals surface area contributed by atoms with E-state index in [2.05, 4.69) is 18.2 Å². The number of hydrogen-bond acceptors (Lipinski definition) is 3. The lowest BCUT2D eigenvalue weighted by Gasteiger charge is -2.33. The molecule has 0 bridgehead atoms. The summed E-state index contributed by atoms with van der Waals surface area (Å²) in [5, 5.41) is 0. The van der Waals surface area contributed by atoms with E-state index in [1.807, 2.05) is 36.4 Å². The van der Waals surface area contributed by atoms with Crippen LogP contribution in [-0.4, -0.2) is 20.3 Å². The van der Waals surface area contributed by atoms with Crippen molar-refractivity contribution in [3.05, 3.63) is 65.7 Å². The number of benzene rings is 2. The van der Waals surface area contributed by atoms with Crippen LogP contribution in [-0.2, 0) is 16.1 Å². The Labute approximate surface area is 125 Å². The predicted molar refractivity (Wildman–Crippen MR) is 81.3 cm³/mol. The summed E-state index contributed by atoms with van der Waals surface area (Å²) in [6, 6.07) is 18.3. The van der Waals surface area contributed by atoms with Crippen LogP contribution in [0.3, 0.4) is 0 Å². The second kappa shape index (κ2) is 6.74. The van der Waals surface area contributed by atoms with Gasteiger partial charge in [-0.3, -0.25) is 0 Å². The molecule has 0 radical (unpaired) electrons. The van der Waals surface area contributed by atoms with Gasteiger partial charge in [-0.15, -0.1) is 0 Å². The first-order chi connectivity index (χ1) is 10.4. The summed E-state index contributed by atoms with van der Waals surface area (Å²) in [5.74, 6) is 1.14. The largest absolute Gasteiger partial charge is 0.493 e. The highest BCUT2D eigenvalue weighted by Crippen LogP contribution is 2.38. The van der Waals surface area contributed by atoms with Crippen LogP contribution in [0.25, 0.3) is 0 Å². The zero-order valence-electron chi connectivity index (χ0n) is 12.2. The SMILES string of the molecule is COCC1COc2ccccc2C1OCc1ccccc1. The highest BCUT2D eigenvalue weighted by Gasteiger charge is 2.31. The molecule has 1 heterocycles. The van der Waals surface area contributed by atoms with Crippen LogP contribution in [0.2, 0.25) is 0 Å². The Morgan fingerprint density at radius 1 is 1.05 bits per heavy atom. The van der Waals surface area contributed by atoms with Crippen LogP contribution in [0, 0.1) is 5.92 Å². The predicted octanol–water partition coefficient (Wildman–Crippen LogP) is 3.60. The van der Waals surface area contributed by atoms with E-state index in [1.165, 1.54) is 5.56 Å². The maximum absolute atomic E-state index is 6.20. The Hall–Kier alpha value is -1.84. The van der Waals surface area contributed by atoms with Crippen molar-refractivity contribution in [2.45, 2.75) is 12.7 Å². The number of ether oxygens (including phenoxy) is 3. The summed E-state index contributed by atoms with van der Waals surface area (Å²) in [4.78, 5) is 0. The van der Waals surface area contributed by atoms with Gasteiger partial charge in [0.25, 0.3) is 0 Å². The Morgan fingerprint density at radius 3 is 2.62 bits per heavy atom. The van der Waals surface area contributed by atoms with Crippen LogP contribution >= 0.6 is 0 Å². The fourth-order valence-corrected chi connectivity index (χ4v) is 2.72. The van der Waals surface area contributed by atoms with Crippen molar-refractivity contribution in [3.63, 3.8) is 0 Å². The lowest BCUT2D eigenvalue weighted by Crippen LogP contribution is -2.31. The second-order valence-corrected chi connectivity index (χ2v) is 5.28. The molecule has 0 spiro atoms. The molecule has 21 heavy (non-hydrogen) atoms. The van der Waals surface area contributed by atoms with Gasteiger partial charge in [0.1, 0.15) is 5.75 Å². The van der Waals surface area contributed by atoms with E-state index in [0.29, 0.717) is 19.8 Å². The van der Waals surface area contributed by atoms with Gasteiger partial charge in [-0.25, -0.2) is 0 Å². The van der Waals surface area contributed by atoms with Crippen molar-refractivity contribution < 1.29 is 14.2 Å². The molecule has 3 heteroatoms. The summed E-state index contributed by atoms with van der Waals surface area (Å²) in [6.45, 7) is 1.86. The van der Waals surface area contributed by atoms with Crippen molar-refractivity contribution in [2.24, 2.45) is 5.92 Å². The fourth-order valence-electron chi connectivity index (χ4n) is 2.72. The monoisotopic (exact) mass is 284 g/mol. The van der Waals surface area contributed by atoms with Crippen LogP contribution in [0.5, 0.6) is 5.75 Å². The summed E-state index contributed by atoms with van der Waals surface area (Å²) in [7, 11) is 1.72. The molecule has 0 saturated carbocycles. The van der Waals surface area contributed by atoms with Crippen LogP contribution in [0.1, 0.15) is 17.2 Å². The van der Waals surface area contributed by atoms with E-state index >= 15 is 0 Å². The van der Waals surface area contributed by atoms with E-state index in [0.717, 1.165) is 11.3 Å². The average Bonchev–Trinajstić information content (AvgIpc) is 2.55. The molecule has 0 aromatic heterocycles. The van der Waals surface area contributed by atoms with Gasteiger partial charge >= 0.3 is 0 Å². The molecule has 2 atom stereocenters. The molecule has 0 amide bonds. The number of fused-ring (bicyclic) bond motifs is 1. The molecular formula is C18H20O3. The molecular weight excluding hydrogens is 264 g/mol. The van der Waals surface area contributed by atoms with Gasteiger partial charge in [-0.05, 0) is 11.6 Å². The van der Waals surface area contributed by atoms with Gasteiger partial charge in [0.05, 0.1) is 25.9 Å². The zero-order chi connectivity index (χ0) is 14.5. The van der Waals surface area contributed by atoms with Crippen molar-refractivity contribution >= 4 is 0 Å². The molecule has 2 aromatic rings. The summed E-state index contributed by atoms with van der Waals surface area (Å²) in [6.07, 6.45) is 0.00936. The third kappa shape index (κ3) is 3.26. The van der Waals surface area contributed by atoms with Gasteiger partial charge in [0.15, 0.2) is 0 Å². The lowest BCUT2D eigenvalue weighted by atomic mass is 9.93. The first-order valence-corrected chi connectivity index (χ1v) is 7.24. The molecule has 2 unspecified atom stereocenters. The number of methoxy groups -OCH3 is 1. The molecule has 0 saturated heterocycles. The van der Waals surface area contributed by atoms with Crippen LogP contribution in [0.15, 0.2) is 54.6 Å². The van der Waals surface area contributed by atoms with Gasteiger partial charge < -0.3 is 14.2 Å². The van der Waals surface area contributed by atoms with Crippen molar-refractivity contribution in [2.75, 3.05) is 20.3 Å². The van der Waals surface area contributed by atoms with E-state index in [9.17, 15) is 0 Å². The molecule has 3 nitrogen and oxygen atoms in total. The minimum Gasteiger partial charge on any atom is -0.493 e. The van der Waals surface area contributed by atoms with E-state index in [-0.39, 0.29) is 12.0 Å². The quantitative estimate of drug-likeness (QED) is 0.839. The first kappa shape index (κ1) is 14.1. The molecule has 1 aliphatic rings. The topological polar surface area (TPSA) is 27.7 Å². The third-order valence-electron chi connectivity index (χ3n) is 3.76. The molecule has 2 aromatic carbocycles.